The number of hydrogen-bond donors (Lipinski definition) is 4. The zero-order valence-electron chi connectivity index (χ0n) is 37.7. The van der Waals surface area contributed by atoms with E-state index in [0.29, 0.717) is 12.8 Å². The van der Waals surface area contributed by atoms with E-state index in [0.717, 1.165) is 70.6 Å². The molecule has 0 radical (unpaired) electrons. The highest BCUT2D eigenvalue weighted by Gasteiger charge is 2.27. The topological polar surface area (TPSA) is 131 Å². The summed E-state index contributed by atoms with van der Waals surface area (Å²) in [5.41, 5.74) is 5.39. The number of unbranched alkanes of at least 4 members (excludes halogenated alkanes) is 17. The average Bonchev–Trinajstić information content (AvgIpc) is 3.22. The molecule has 8 nitrogen and oxygen atoms in total. The first kappa shape index (κ1) is 56.7. The van der Waals surface area contributed by atoms with Crippen molar-refractivity contribution >= 4 is 13.7 Å². The van der Waals surface area contributed by atoms with Crippen LogP contribution in [0.3, 0.4) is 0 Å². The first-order valence-electron chi connectivity index (χ1n) is 23.7. The fraction of sp³-hybridized carbons (Fsp3) is 0.700. The second kappa shape index (κ2) is 45.2. The molecule has 0 bridgehead atoms. The molecule has 0 aromatic rings. The molecule has 0 heterocycles. The van der Waals surface area contributed by atoms with Crippen molar-refractivity contribution in [3.63, 3.8) is 0 Å². The number of nitrogens with one attached hydrogen (secondary N) is 1. The molecular weight excluding hydrogens is 756 g/mol. The van der Waals surface area contributed by atoms with Gasteiger partial charge in [0.2, 0.25) is 5.91 Å². The van der Waals surface area contributed by atoms with Gasteiger partial charge in [-0.05, 0) is 64.2 Å². The first-order valence-corrected chi connectivity index (χ1v) is 25.2. The van der Waals surface area contributed by atoms with Gasteiger partial charge in [-0.3, -0.25) is 13.8 Å². The standard InChI is InChI=1S/C50H89N2O6P/c1-3-5-7-9-11-13-15-17-19-21-22-23-24-25-26-28-30-32-34-36-38-40-42-44-50(54)52-48(47-58-59(55,56)57-46-45-51)49(53)43-41-39-37-35-33-31-29-27-20-18-16-14-12-10-8-6-4-2/h5,7,11,13,17,19,22-23,25-26,30,32,36,38,48-49,53H,3-4,6,8-10,12,14-16,18,20-21,24,27-29,31,33-35,37,39-47,51H2,1-2H3,(H,52,54)(H,55,56)/b7-5-,13-11-,19-17-,23-22-,26-25-,32-30-,38-36-. The Morgan fingerprint density at radius 3 is 1.37 bits per heavy atom. The summed E-state index contributed by atoms with van der Waals surface area (Å²) >= 11 is 0. The van der Waals surface area contributed by atoms with Crippen molar-refractivity contribution in [2.24, 2.45) is 5.73 Å². The molecule has 1 amide bonds. The third-order valence-electron chi connectivity index (χ3n) is 10.0. The molecule has 9 heteroatoms. The highest BCUT2D eigenvalue weighted by atomic mass is 31.2. The van der Waals surface area contributed by atoms with Crippen LogP contribution in [-0.2, 0) is 18.4 Å². The highest BCUT2D eigenvalue weighted by Crippen LogP contribution is 2.43. The van der Waals surface area contributed by atoms with Crippen molar-refractivity contribution in [1.29, 1.82) is 0 Å². The van der Waals surface area contributed by atoms with E-state index in [1.54, 1.807) is 0 Å². The Kier molecular flexibility index (Phi) is 43.4. The van der Waals surface area contributed by atoms with Crippen molar-refractivity contribution in [2.45, 2.75) is 206 Å². The Morgan fingerprint density at radius 2 is 0.966 bits per heavy atom. The number of amides is 1. The van der Waals surface area contributed by atoms with Crippen LogP contribution in [0.25, 0.3) is 0 Å². The number of phosphoric ester groups is 1. The molecule has 340 valence electrons. The molecule has 0 aromatic carbocycles. The zero-order valence-corrected chi connectivity index (χ0v) is 38.6. The van der Waals surface area contributed by atoms with Gasteiger partial charge in [0.15, 0.2) is 0 Å². The van der Waals surface area contributed by atoms with E-state index in [9.17, 15) is 19.4 Å². The lowest BCUT2D eigenvalue weighted by Crippen LogP contribution is -2.46. The van der Waals surface area contributed by atoms with Gasteiger partial charge in [0.25, 0.3) is 0 Å². The maximum Gasteiger partial charge on any atom is 0.472 e. The van der Waals surface area contributed by atoms with E-state index in [1.807, 2.05) is 0 Å². The number of aliphatic hydroxyl groups is 1. The molecule has 3 unspecified atom stereocenters. The second-order valence-corrected chi connectivity index (χ2v) is 17.0. The van der Waals surface area contributed by atoms with E-state index < -0.39 is 20.0 Å². The van der Waals surface area contributed by atoms with Crippen molar-refractivity contribution in [2.75, 3.05) is 19.8 Å². The van der Waals surface area contributed by atoms with Gasteiger partial charge in [0.05, 0.1) is 25.4 Å². The summed E-state index contributed by atoms with van der Waals surface area (Å²) < 4.78 is 22.2. The second-order valence-electron chi connectivity index (χ2n) is 15.6. The van der Waals surface area contributed by atoms with Crippen molar-refractivity contribution < 1.29 is 28.4 Å². The molecular formula is C50H89N2O6P. The molecule has 0 spiro atoms. The Labute approximate surface area is 362 Å². The van der Waals surface area contributed by atoms with E-state index in [-0.39, 0.29) is 32.1 Å². The van der Waals surface area contributed by atoms with Crippen molar-refractivity contribution in [3.05, 3.63) is 85.1 Å². The minimum atomic E-state index is -4.34. The lowest BCUT2D eigenvalue weighted by atomic mass is 10.0. The third kappa shape index (κ3) is 43.6. The number of rotatable bonds is 43. The molecule has 0 aliphatic heterocycles. The Bertz CT molecular complexity index is 1190. The SMILES string of the molecule is CC/C=C\C/C=C\C/C=C\C/C=C\C/C=C\C/C=C\C/C=C\CCCC(=O)NC(COP(=O)(O)OCCN)C(O)CCCCCCCCCCCCCCCCCCC. The van der Waals surface area contributed by atoms with Crippen LogP contribution in [0, 0.1) is 0 Å². The fourth-order valence-electron chi connectivity index (χ4n) is 6.48. The van der Waals surface area contributed by atoms with Crippen LogP contribution in [0.5, 0.6) is 0 Å². The van der Waals surface area contributed by atoms with E-state index >= 15 is 0 Å². The summed E-state index contributed by atoms with van der Waals surface area (Å²) in [6, 6.07) is -0.811. The van der Waals surface area contributed by atoms with Crippen LogP contribution in [0.2, 0.25) is 0 Å². The number of carbonyl (C=O) groups is 1. The van der Waals surface area contributed by atoms with Crippen molar-refractivity contribution in [1.82, 2.24) is 5.32 Å². The molecule has 0 aliphatic rings. The average molecular weight is 845 g/mol. The zero-order chi connectivity index (χ0) is 43.2. The Balaban J connectivity index is 4.25. The van der Waals surface area contributed by atoms with E-state index in [2.05, 4.69) is 104 Å². The maximum atomic E-state index is 12.8. The van der Waals surface area contributed by atoms with Gasteiger partial charge in [0.1, 0.15) is 0 Å². The van der Waals surface area contributed by atoms with Gasteiger partial charge in [-0.25, -0.2) is 4.57 Å². The van der Waals surface area contributed by atoms with E-state index in [4.69, 9.17) is 14.8 Å². The normalized spacial score (nSPS) is 14.7. The number of carbonyl (C=O) groups excluding carboxylic acids is 1. The fourth-order valence-corrected chi connectivity index (χ4v) is 7.24. The van der Waals surface area contributed by atoms with Crippen LogP contribution < -0.4 is 11.1 Å². The Hall–Kier alpha value is -2.32. The third-order valence-corrected chi connectivity index (χ3v) is 11.0. The molecule has 0 aliphatic carbocycles. The number of aliphatic hydroxyl groups excluding tert-OH is 1. The molecule has 0 fully saturated rings. The van der Waals surface area contributed by atoms with Gasteiger partial charge < -0.3 is 21.1 Å². The molecule has 5 N–H and O–H groups in total. The minimum absolute atomic E-state index is 0.0752. The van der Waals surface area contributed by atoms with Crippen LogP contribution in [0.15, 0.2) is 85.1 Å². The maximum absolute atomic E-state index is 12.8. The summed E-state index contributed by atoms with van der Waals surface area (Å²) in [7, 11) is -4.34. The number of nitrogens with two attached hydrogens (primary N) is 1. The minimum Gasteiger partial charge on any atom is -0.391 e. The van der Waals surface area contributed by atoms with Crippen LogP contribution >= 0.6 is 7.82 Å². The lowest BCUT2D eigenvalue weighted by Gasteiger charge is -2.25. The molecule has 3 atom stereocenters. The summed E-state index contributed by atoms with van der Waals surface area (Å²) in [6.45, 7) is 4.05. The van der Waals surface area contributed by atoms with Gasteiger partial charge in [-0.15, -0.1) is 0 Å². The van der Waals surface area contributed by atoms with Gasteiger partial charge >= 0.3 is 7.82 Å². The van der Waals surface area contributed by atoms with Gasteiger partial charge in [-0.2, -0.15) is 0 Å². The summed E-state index contributed by atoms with van der Waals surface area (Å²) in [6.07, 6.45) is 60.3. The smallest absolute Gasteiger partial charge is 0.391 e. The molecule has 0 rings (SSSR count). The quantitative estimate of drug-likeness (QED) is 0.0273. The molecule has 0 saturated heterocycles. The van der Waals surface area contributed by atoms with E-state index in [1.165, 1.54) is 89.9 Å². The summed E-state index contributed by atoms with van der Waals surface area (Å²) in [5.74, 6) is -0.221. The predicted octanol–water partition coefficient (Wildman–Crippen LogP) is 13.8. The lowest BCUT2D eigenvalue weighted by molar-refractivity contribution is -0.123. The van der Waals surface area contributed by atoms with Crippen LogP contribution in [0.1, 0.15) is 194 Å². The van der Waals surface area contributed by atoms with Crippen molar-refractivity contribution in [3.8, 4) is 0 Å². The number of phosphoric acid groups is 1. The van der Waals surface area contributed by atoms with Gasteiger partial charge in [-0.1, -0.05) is 208 Å². The van der Waals surface area contributed by atoms with Crippen LogP contribution in [0.4, 0.5) is 0 Å². The summed E-state index contributed by atoms with van der Waals surface area (Å²) in [4.78, 5) is 22.8. The monoisotopic (exact) mass is 845 g/mol. The molecule has 0 saturated carbocycles. The largest absolute Gasteiger partial charge is 0.472 e. The first-order chi connectivity index (χ1) is 28.9. The summed E-state index contributed by atoms with van der Waals surface area (Å²) in [5, 5.41) is 13.8. The highest BCUT2D eigenvalue weighted by molar-refractivity contribution is 7.47. The predicted molar refractivity (Wildman–Crippen MR) is 253 cm³/mol. The Morgan fingerprint density at radius 1 is 0.576 bits per heavy atom. The molecule has 0 aromatic heterocycles. The van der Waals surface area contributed by atoms with Crippen LogP contribution in [-0.4, -0.2) is 47.8 Å². The number of allylic oxidation sites excluding steroid dienone is 14. The van der Waals surface area contributed by atoms with Gasteiger partial charge in [0, 0.05) is 13.0 Å². The number of hydrogen-bond acceptors (Lipinski definition) is 6. The molecule has 59 heavy (non-hydrogen) atoms.